The molecule has 3 aromatic rings. The van der Waals surface area contributed by atoms with Crippen molar-refractivity contribution in [2.24, 2.45) is 5.10 Å². The molecular formula is C22H19ClN4O5. The number of amides is 3. The van der Waals surface area contributed by atoms with Crippen molar-refractivity contribution in [1.82, 2.24) is 10.7 Å². The summed E-state index contributed by atoms with van der Waals surface area (Å²) in [7, 11) is 1.54. The number of anilines is 1. The van der Waals surface area contributed by atoms with Crippen LogP contribution in [-0.4, -0.2) is 31.0 Å². The average Bonchev–Trinajstić information content (AvgIpc) is 3.25. The summed E-state index contributed by atoms with van der Waals surface area (Å²) in [6, 6.07) is 16.2. The van der Waals surface area contributed by atoms with Gasteiger partial charge in [0.25, 0.3) is 5.91 Å². The first-order valence-corrected chi connectivity index (χ1v) is 9.73. The Bertz CT molecular complexity index is 1140. The largest absolute Gasteiger partial charge is 0.497 e. The Kier molecular flexibility index (Phi) is 7.60. The lowest BCUT2D eigenvalue weighted by molar-refractivity contribution is -0.136. The molecular weight excluding hydrogens is 436 g/mol. The van der Waals surface area contributed by atoms with Gasteiger partial charge in [-0.1, -0.05) is 17.7 Å². The molecule has 0 saturated carbocycles. The highest BCUT2D eigenvalue weighted by molar-refractivity contribution is 6.39. The first-order chi connectivity index (χ1) is 15.4. The van der Waals surface area contributed by atoms with Crippen LogP contribution in [0.2, 0.25) is 5.02 Å². The SMILES string of the molecule is COc1ccc(C(=O)N/N=C\c2ccc(CNC(=O)C(=O)Nc3cccc(Cl)c3)o2)cc1. The molecule has 0 bridgehead atoms. The van der Waals surface area contributed by atoms with Gasteiger partial charge in [-0.25, -0.2) is 5.43 Å². The second-order valence-electron chi connectivity index (χ2n) is 6.38. The lowest BCUT2D eigenvalue weighted by Gasteiger charge is -2.05. The van der Waals surface area contributed by atoms with Gasteiger partial charge in [-0.15, -0.1) is 0 Å². The second-order valence-corrected chi connectivity index (χ2v) is 6.82. The van der Waals surface area contributed by atoms with Crippen LogP contribution in [0.15, 0.2) is 70.2 Å². The maximum Gasteiger partial charge on any atom is 0.313 e. The summed E-state index contributed by atoms with van der Waals surface area (Å²) >= 11 is 5.84. The minimum absolute atomic E-state index is 0.00610. The van der Waals surface area contributed by atoms with Crippen LogP contribution in [0.5, 0.6) is 5.75 Å². The number of methoxy groups -OCH3 is 1. The van der Waals surface area contributed by atoms with Crippen LogP contribution < -0.4 is 20.8 Å². The number of benzene rings is 2. The van der Waals surface area contributed by atoms with Gasteiger partial charge in [-0.3, -0.25) is 14.4 Å². The smallest absolute Gasteiger partial charge is 0.313 e. The summed E-state index contributed by atoms with van der Waals surface area (Å²) in [5.41, 5.74) is 3.21. The Morgan fingerprint density at radius 1 is 1.06 bits per heavy atom. The van der Waals surface area contributed by atoms with Crippen LogP contribution in [0.4, 0.5) is 5.69 Å². The molecule has 0 aliphatic carbocycles. The topological polar surface area (TPSA) is 122 Å². The number of ether oxygens (including phenoxy) is 1. The number of hydrogen-bond acceptors (Lipinski definition) is 6. The zero-order chi connectivity index (χ0) is 22.9. The van der Waals surface area contributed by atoms with Gasteiger partial charge in [0.15, 0.2) is 0 Å². The third-order valence-corrected chi connectivity index (χ3v) is 4.34. The van der Waals surface area contributed by atoms with E-state index >= 15 is 0 Å². The zero-order valence-corrected chi connectivity index (χ0v) is 17.7. The van der Waals surface area contributed by atoms with E-state index in [4.69, 9.17) is 20.8 Å². The number of halogens is 1. The van der Waals surface area contributed by atoms with Crippen LogP contribution in [-0.2, 0) is 16.1 Å². The molecule has 3 amide bonds. The molecule has 3 N–H and O–H groups in total. The van der Waals surface area contributed by atoms with Gasteiger partial charge in [-0.2, -0.15) is 5.10 Å². The number of carbonyl (C=O) groups is 3. The molecule has 0 spiro atoms. The Hall–Kier alpha value is -4.11. The minimum Gasteiger partial charge on any atom is -0.497 e. The van der Waals surface area contributed by atoms with Crippen molar-refractivity contribution in [2.75, 3.05) is 12.4 Å². The number of nitrogens with zero attached hydrogens (tertiary/aromatic N) is 1. The Morgan fingerprint density at radius 2 is 1.84 bits per heavy atom. The van der Waals surface area contributed by atoms with Gasteiger partial charge in [0, 0.05) is 16.3 Å². The molecule has 0 unspecified atom stereocenters. The average molecular weight is 455 g/mol. The highest BCUT2D eigenvalue weighted by Crippen LogP contribution is 2.15. The van der Waals surface area contributed by atoms with Crippen molar-refractivity contribution in [3.05, 3.63) is 82.8 Å². The first kappa shape index (κ1) is 22.6. The molecule has 2 aromatic carbocycles. The number of hydrazone groups is 1. The van der Waals surface area contributed by atoms with E-state index in [9.17, 15) is 14.4 Å². The van der Waals surface area contributed by atoms with Crippen LogP contribution >= 0.6 is 11.6 Å². The van der Waals surface area contributed by atoms with Crippen LogP contribution in [0.25, 0.3) is 0 Å². The van der Waals surface area contributed by atoms with Gasteiger partial charge in [0.1, 0.15) is 17.3 Å². The number of nitrogens with one attached hydrogen (secondary N) is 3. The molecule has 1 aromatic heterocycles. The van der Waals surface area contributed by atoms with E-state index in [1.807, 2.05) is 0 Å². The molecule has 9 nitrogen and oxygen atoms in total. The molecule has 0 saturated heterocycles. The van der Waals surface area contributed by atoms with E-state index in [1.165, 1.54) is 19.4 Å². The van der Waals surface area contributed by atoms with Crippen LogP contribution in [0.3, 0.4) is 0 Å². The number of carbonyl (C=O) groups excluding carboxylic acids is 3. The second kappa shape index (κ2) is 10.8. The molecule has 0 fully saturated rings. The van der Waals surface area contributed by atoms with E-state index in [0.29, 0.717) is 33.5 Å². The van der Waals surface area contributed by atoms with Crippen molar-refractivity contribution in [2.45, 2.75) is 6.54 Å². The van der Waals surface area contributed by atoms with Crippen molar-refractivity contribution in [1.29, 1.82) is 0 Å². The van der Waals surface area contributed by atoms with E-state index in [0.717, 1.165) is 0 Å². The molecule has 0 aliphatic rings. The standard InChI is InChI=1S/C22H19ClN4O5/c1-31-17-7-5-14(6-8-17)20(28)27-25-13-19-10-9-18(32-19)12-24-21(29)22(30)26-16-4-2-3-15(23)11-16/h2-11,13H,12H2,1H3,(H,24,29)(H,26,30)(H,27,28)/b25-13-. The fourth-order valence-corrected chi connectivity index (χ4v) is 2.71. The quantitative estimate of drug-likeness (QED) is 0.288. The Balaban J connectivity index is 1.46. The third kappa shape index (κ3) is 6.44. The van der Waals surface area contributed by atoms with Crippen molar-refractivity contribution in [3.63, 3.8) is 0 Å². The lowest BCUT2D eigenvalue weighted by atomic mass is 10.2. The number of hydrogen-bond donors (Lipinski definition) is 3. The van der Waals surface area contributed by atoms with Crippen molar-refractivity contribution < 1.29 is 23.5 Å². The third-order valence-electron chi connectivity index (χ3n) is 4.10. The Labute approximate surface area is 188 Å². The monoisotopic (exact) mass is 454 g/mol. The summed E-state index contributed by atoms with van der Waals surface area (Å²) in [6.07, 6.45) is 1.32. The predicted octanol–water partition coefficient (Wildman–Crippen LogP) is 2.96. The molecule has 32 heavy (non-hydrogen) atoms. The summed E-state index contributed by atoms with van der Waals surface area (Å²) < 4.78 is 10.5. The van der Waals surface area contributed by atoms with Gasteiger partial charge in [0.05, 0.1) is 19.9 Å². The molecule has 164 valence electrons. The first-order valence-electron chi connectivity index (χ1n) is 9.35. The number of furan rings is 1. The van der Waals surface area contributed by atoms with Crippen molar-refractivity contribution >= 4 is 41.2 Å². The van der Waals surface area contributed by atoms with E-state index < -0.39 is 17.7 Å². The lowest BCUT2D eigenvalue weighted by Crippen LogP contribution is -2.34. The Morgan fingerprint density at radius 3 is 2.56 bits per heavy atom. The van der Waals surface area contributed by atoms with Gasteiger partial charge >= 0.3 is 11.8 Å². The highest BCUT2D eigenvalue weighted by Gasteiger charge is 2.14. The van der Waals surface area contributed by atoms with Crippen molar-refractivity contribution in [3.8, 4) is 5.75 Å². The molecule has 10 heteroatoms. The van der Waals surface area contributed by atoms with Gasteiger partial charge < -0.3 is 19.8 Å². The molecule has 1 heterocycles. The summed E-state index contributed by atoms with van der Waals surface area (Å²) in [5, 5.41) is 9.18. The molecule has 3 rings (SSSR count). The summed E-state index contributed by atoms with van der Waals surface area (Å²) in [6.45, 7) is -0.00610. The molecule has 0 aliphatic heterocycles. The molecule has 0 radical (unpaired) electrons. The minimum atomic E-state index is -0.832. The van der Waals surface area contributed by atoms with E-state index in [1.54, 1.807) is 54.6 Å². The van der Waals surface area contributed by atoms with Crippen LogP contribution in [0.1, 0.15) is 21.9 Å². The van der Waals surface area contributed by atoms with Gasteiger partial charge in [0.2, 0.25) is 0 Å². The fraction of sp³-hybridized carbons (Fsp3) is 0.0909. The molecule has 0 atom stereocenters. The maximum absolute atomic E-state index is 12.0. The summed E-state index contributed by atoms with van der Waals surface area (Å²) in [5.74, 6) is -0.662. The van der Waals surface area contributed by atoms with E-state index in [2.05, 4.69) is 21.2 Å². The summed E-state index contributed by atoms with van der Waals surface area (Å²) in [4.78, 5) is 35.9. The normalized spacial score (nSPS) is 10.6. The predicted molar refractivity (Wildman–Crippen MR) is 119 cm³/mol. The van der Waals surface area contributed by atoms with E-state index in [-0.39, 0.29) is 6.54 Å². The van der Waals surface area contributed by atoms with Gasteiger partial charge in [-0.05, 0) is 54.6 Å². The number of rotatable bonds is 7. The highest BCUT2D eigenvalue weighted by atomic mass is 35.5. The fourth-order valence-electron chi connectivity index (χ4n) is 2.52. The van der Waals surface area contributed by atoms with Crippen LogP contribution in [0, 0.1) is 0 Å². The zero-order valence-electron chi connectivity index (χ0n) is 16.9. The maximum atomic E-state index is 12.0.